The maximum Gasteiger partial charge on any atom is 0.221 e. The number of carbonyl (C=O) groups is 1. The highest BCUT2D eigenvalue weighted by molar-refractivity contribution is 7.88. The van der Waals surface area contributed by atoms with Crippen molar-refractivity contribution in [1.29, 1.82) is 0 Å². The zero-order valence-electron chi connectivity index (χ0n) is 11.0. The van der Waals surface area contributed by atoms with E-state index in [0.29, 0.717) is 0 Å². The molecular formula is C12H22N2O3S. The number of hydrogen-bond acceptors (Lipinski definition) is 3. The molecule has 0 bridgehead atoms. The Kier molecular flexibility index (Phi) is 5.81. The lowest BCUT2D eigenvalue weighted by atomic mass is 9.95. The van der Waals surface area contributed by atoms with Crippen LogP contribution in [0.1, 0.15) is 39.0 Å². The Morgan fingerprint density at radius 3 is 2.72 bits per heavy atom. The van der Waals surface area contributed by atoms with Gasteiger partial charge in [0.05, 0.1) is 6.26 Å². The quantitative estimate of drug-likeness (QED) is 0.708. The van der Waals surface area contributed by atoms with Gasteiger partial charge in [-0.25, -0.2) is 13.1 Å². The molecule has 0 unspecified atom stereocenters. The van der Waals surface area contributed by atoms with Gasteiger partial charge in [0.2, 0.25) is 15.9 Å². The Morgan fingerprint density at radius 1 is 1.44 bits per heavy atom. The third kappa shape index (κ3) is 6.16. The Morgan fingerprint density at radius 2 is 2.17 bits per heavy atom. The van der Waals surface area contributed by atoms with Crippen LogP contribution in [0.4, 0.5) is 0 Å². The molecule has 0 fully saturated rings. The van der Waals surface area contributed by atoms with Gasteiger partial charge < -0.3 is 5.32 Å². The van der Waals surface area contributed by atoms with Gasteiger partial charge in [-0.2, -0.15) is 0 Å². The molecule has 0 aliphatic heterocycles. The Hall–Kier alpha value is -0.880. The predicted molar refractivity (Wildman–Crippen MR) is 71.6 cm³/mol. The first kappa shape index (κ1) is 15.2. The molecule has 0 saturated heterocycles. The smallest absolute Gasteiger partial charge is 0.221 e. The first-order valence-corrected chi connectivity index (χ1v) is 8.20. The van der Waals surface area contributed by atoms with E-state index >= 15 is 0 Å². The van der Waals surface area contributed by atoms with Crippen LogP contribution < -0.4 is 10.0 Å². The molecule has 1 rings (SSSR count). The van der Waals surface area contributed by atoms with Gasteiger partial charge in [-0.3, -0.25) is 4.79 Å². The van der Waals surface area contributed by atoms with Gasteiger partial charge in [-0.05, 0) is 32.6 Å². The maximum absolute atomic E-state index is 11.6. The summed E-state index contributed by atoms with van der Waals surface area (Å²) in [5, 5.41) is 2.89. The van der Waals surface area contributed by atoms with Crippen molar-refractivity contribution in [3.05, 3.63) is 11.6 Å². The highest BCUT2D eigenvalue weighted by atomic mass is 32.2. The highest BCUT2D eigenvalue weighted by Crippen LogP contribution is 2.19. The van der Waals surface area contributed by atoms with Crippen LogP contribution in [0.2, 0.25) is 0 Å². The van der Waals surface area contributed by atoms with E-state index in [9.17, 15) is 13.2 Å². The van der Waals surface area contributed by atoms with Gasteiger partial charge in [0.25, 0.3) is 0 Å². The largest absolute Gasteiger partial charge is 0.350 e. The second-order valence-corrected chi connectivity index (χ2v) is 6.56. The molecule has 0 aromatic rings. The van der Waals surface area contributed by atoms with Crippen LogP contribution in [0.25, 0.3) is 0 Å². The summed E-state index contributed by atoms with van der Waals surface area (Å²) in [6.45, 7) is 2.12. The van der Waals surface area contributed by atoms with Gasteiger partial charge in [-0.1, -0.05) is 11.6 Å². The van der Waals surface area contributed by atoms with E-state index in [0.717, 1.165) is 19.1 Å². The fourth-order valence-corrected chi connectivity index (χ4v) is 2.49. The van der Waals surface area contributed by atoms with Crippen LogP contribution >= 0.6 is 0 Å². The molecule has 1 atom stereocenters. The molecule has 0 radical (unpaired) electrons. The maximum atomic E-state index is 11.6. The van der Waals surface area contributed by atoms with E-state index in [-0.39, 0.29) is 24.9 Å². The number of sulfonamides is 1. The lowest BCUT2D eigenvalue weighted by Gasteiger charge is -2.20. The third-order valence-electron chi connectivity index (χ3n) is 2.98. The van der Waals surface area contributed by atoms with Crippen LogP contribution in [-0.2, 0) is 14.8 Å². The van der Waals surface area contributed by atoms with Crippen LogP contribution in [0.15, 0.2) is 11.6 Å². The van der Waals surface area contributed by atoms with Crippen LogP contribution in [0.3, 0.4) is 0 Å². The average molecular weight is 274 g/mol. The summed E-state index contributed by atoms with van der Waals surface area (Å²) in [5.41, 5.74) is 1.28. The normalized spacial score (nSPS) is 18.0. The molecule has 0 heterocycles. The average Bonchev–Trinajstić information content (AvgIpc) is 2.28. The Labute approximate surface area is 109 Å². The summed E-state index contributed by atoms with van der Waals surface area (Å²) >= 11 is 0. The van der Waals surface area contributed by atoms with Crippen LogP contribution in [-0.4, -0.2) is 33.2 Å². The topological polar surface area (TPSA) is 75.3 Å². The standard InChI is InChI=1S/C12H22N2O3S/c1-10(11-6-4-3-5-7-11)14-12(15)8-9-13-18(2,16)17/h6,10,13H,3-5,7-9H2,1-2H3,(H,14,15)/t10-/m0/s1. The second-order valence-electron chi connectivity index (χ2n) is 4.73. The number of allylic oxidation sites excluding steroid dienone is 1. The molecule has 0 aromatic carbocycles. The van der Waals surface area contributed by atoms with Crippen molar-refractivity contribution in [2.24, 2.45) is 0 Å². The van der Waals surface area contributed by atoms with Crippen molar-refractivity contribution >= 4 is 15.9 Å². The van der Waals surface area contributed by atoms with E-state index < -0.39 is 10.0 Å². The third-order valence-corrected chi connectivity index (χ3v) is 3.70. The van der Waals surface area contributed by atoms with Crippen molar-refractivity contribution < 1.29 is 13.2 Å². The molecule has 1 aliphatic carbocycles. The summed E-state index contributed by atoms with van der Waals surface area (Å²) < 4.78 is 24.0. The lowest BCUT2D eigenvalue weighted by Crippen LogP contribution is -2.36. The molecular weight excluding hydrogens is 252 g/mol. The van der Waals surface area contributed by atoms with Gasteiger partial charge in [0.15, 0.2) is 0 Å². The minimum absolute atomic E-state index is 0.0519. The molecule has 0 spiro atoms. The molecule has 1 aliphatic rings. The summed E-state index contributed by atoms with van der Waals surface area (Å²) in [6.07, 6.45) is 7.99. The fraction of sp³-hybridized carbons (Fsp3) is 0.750. The number of carbonyl (C=O) groups excluding carboxylic acids is 1. The summed E-state index contributed by atoms with van der Waals surface area (Å²) in [4.78, 5) is 11.6. The molecule has 2 N–H and O–H groups in total. The van der Waals surface area contributed by atoms with Crippen molar-refractivity contribution in [1.82, 2.24) is 10.0 Å². The number of rotatable bonds is 6. The zero-order valence-corrected chi connectivity index (χ0v) is 11.8. The van der Waals surface area contributed by atoms with Crippen molar-refractivity contribution in [2.75, 3.05) is 12.8 Å². The summed E-state index contributed by atoms with van der Waals surface area (Å²) in [5.74, 6) is -0.120. The fourth-order valence-electron chi connectivity index (χ4n) is 2.01. The summed E-state index contributed by atoms with van der Waals surface area (Å²) in [7, 11) is -3.21. The van der Waals surface area contributed by atoms with E-state index in [1.54, 1.807) is 0 Å². The van der Waals surface area contributed by atoms with Gasteiger partial charge in [0.1, 0.15) is 0 Å². The monoisotopic (exact) mass is 274 g/mol. The zero-order chi connectivity index (χ0) is 13.6. The number of nitrogens with one attached hydrogen (secondary N) is 2. The Bertz CT molecular complexity index is 415. The lowest BCUT2D eigenvalue weighted by molar-refractivity contribution is -0.121. The van der Waals surface area contributed by atoms with E-state index in [2.05, 4.69) is 16.1 Å². The first-order chi connectivity index (χ1) is 8.38. The summed E-state index contributed by atoms with van der Waals surface area (Å²) in [6, 6.07) is 0.0519. The molecule has 5 nitrogen and oxygen atoms in total. The SMILES string of the molecule is C[C@H](NC(=O)CCNS(C)(=O)=O)C1=CCCCC1. The molecule has 18 heavy (non-hydrogen) atoms. The minimum Gasteiger partial charge on any atom is -0.350 e. The van der Waals surface area contributed by atoms with E-state index in [1.807, 2.05) is 6.92 Å². The predicted octanol–water partition coefficient (Wildman–Crippen LogP) is 0.931. The van der Waals surface area contributed by atoms with Crippen molar-refractivity contribution in [3.8, 4) is 0 Å². The number of hydrogen-bond donors (Lipinski definition) is 2. The highest BCUT2D eigenvalue weighted by Gasteiger charge is 2.14. The number of amides is 1. The van der Waals surface area contributed by atoms with Gasteiger partial charge >= 0.3 is 0 Å². The van der Waals surface area contributed by atoms with Crippen molar-refractivity contribution in [3.63, 3.8) is 0 Å². The Balaban J connectivity index is 2.29. The van der Waals surface area contributed by atoms with E-state index in [4.69, 9.17) is 0 Å². The van der Waals surface area contributed by atoms with Crippen LogP contribution in [0, 0.1) is 0 Å². The molecule has 104 valence electrons. The molecule has 6 heteroatoms. The molecule has 1 amide bonds. The molecule has 0 aromatic heterocycles. The van der Waals surface area contributed by atoms with E-state index in [1.165, 1.54) is 18.4 Å². The molecule has 0 saturated carbocycles. The van der Waals surface area contributed by atoms with Gasteiger partial charge in [0, 0.05) is 19.0 Å². The van der Waals surface area contributed by atoms with Crippen molar-refractivity contribution in [2.45, 2.75) is 45.1 Å². The van der Waals surface area contributed by atoms with Crippen LogP contribution in [0.5, 0.6) is 0 Å². The second kappa shape index (κ2) is 6.89. The van der Waals surface area contributed by atoms with Gasteiger partial charge in [-0.15, -0.1) is 0 Å². The first-order valence-electron chi connectivity index (χ1n) is 6.31. The minimum atomic E-state index is -3.21.